The molecule has 1 aromatic heterocycles. The van der Waals surface area contributed by atoms with Crippen LogP contribution in [-0.2, 0) is 22.6 Å². The summed E-state index contributed by atoms with van der Waals surface area (Å²) < 4.78 is 2.12. The predicted octanol–water partition coefficient (Wildman–Crippen LogP) is 3.04. The first-order valence-corrected chi connectivity index (χ1v) is 9.86. The van der Waals surface area contributed by atoms with Crippen LogP contribution in [0.25, 0.3) is 22.0 Å². The van der Waals surface area contributed by atoms with Crippen LogP contribution >= 0.6 is 0 Å². The third-order valence-electron chi connectivity index (χ3n) is 5.70. The monoisotopic (exact) mass is 383 g/mol. The lowest BCUT2D eigenvalue weighted by atomic mass is 9.93. The highest BCUT2D eigenvalue weighted by atomic mass is 16.2. The Hall–Kier alpha value is -3.44. The van der Waals surface area contributed by atoms with E-state index in [2.05, 4.69) is 16.0 Å². The number of allylic oxidation sites excluding steroid dienone is 1. The lowest BCUT2D eigenvalue weighted by Gasteiger charge is -2.07. The molecule has 2 heterocycles. The van der Waals surface area contributed by atoms with Gasteiger partial charge in [-0.25, -0.2) is 0 Å². The summed E-state index contributed by atoms with van der Waals surface area (Å²) in [6.07, 6.45) is 5.64. The van der Waals surface area contributed by atoms with Gasteiger partial charge in [0.15, 0.2) is 0 Å². The van der Waals surface area contributed by atoms with Crippen LogP contribution in [-0.4, -0.2) is 22.9 Å². The summed E-state index contributed by atoms with van der Waals surface area (Å²) in [6, 6.07) is 16.0. The Kier molecular flexibility index (Phi) is 4.18. The van der Waals surface area contributed by atoms with E-state index in [4.69, 9.17) is 5.73 Å². The van der Waals surface area contributed by atoms with Crippen LogP contribution in [0.4, 0.5) is 0 Å². The Labute approximate surface area is 168 Å². The van der Waals surface area contributed by atoms with Crippen molar-refractivity contribution in [2.75, 3.05) is 6.54 Å². The van der Waals surface area contributed by atoms with Crippen molar-refractivity contribution in [3.63, 3.8) is 0 Å². The lowest BCUT2D eigenvalue weighted by Crippen LogP contribution is -2.23. The van der Waals surface area contributed by atoms with Gasteiger partial charge in [0.2, 0.25) is 0 Å². The van der Waals surface area contributed by atoms with Crippen molar-refractivity contribution >= 4 is 33.9 Å². The molecule has 29 heavy (non-hydrogen) atoms. The van der Waals surface area contributed by atoms with Crippen molar-refractivity contribution in [3.05, 3.63) is 83.1 Å². The molecule has 2 aliphatic rings. The fraction of sp³-hybridized carbons (Fsp3) is 0.167. The molecule has 0 spiro atoms. The summed E-state index contributed by atoms with van der Waals surface area (Å²) in [5.74, 6) is -0.663. The minimum absolute atomic E-state index is 0.327. The van der Waals surface area contributed by atoms with E-state index in [-0.39, 0.29) is 11.8 Å². The van der Waals surface area contributed by atoms with E-state index in [0.29, 0.717) is 17.7 Å². The standard InChI is InChI=1S/C24H21N3O2/c25-12-5-13-27-14-19(17-8-3-4-9-20(17)27)22-21(23(28)26-24(22)29)18-11-10-15-6-1-2-7-16(15)18/h1-4,6-9,11,14H,5,10,12-13,25H2,(H,26,28,29). The molecule has 0 bridgehead atoms. The third kappa shape index (κ3) is 2.74. The van der Waals surface area contributed by atoms with Crippen molar-refractivity contribution in [1.82, 2.24) is 9.88 Å². The molecule has 0 fully saturated rings. The van der Waals surface area contributed by atoms with E-state index in [1.165, 1.54) is 5.56 Å². The van der Waals surface area contributed by atoms with Gasteiger partial charge in [-0.1, -0.05) is 48.5 Å². The van der Waals surface area contributed by atoms with E-state index in [9.17, 15) is 9.59 Å². The highest BCUT2D eigenvalue weighted by Gasteiger charge is 2.36. The van der Waals surface area contributed by atoms with Gasteiger partial charge < -0.3 is 10.3 Å². The number of nitrogens with zero attached hydrogens (tertiary/aromatic N) is 1. The number of hydrogen-bond acceptors (Lipinski definition) is 3. The second-order valence-electron chi connectivity index (χ2n) is 7.41. The fourth-order valence-corrected chi connectivity index (χ4v) is 4.38. The van der Waals surface area contributed by atoms with Gasteiger partial charge in [-0.3, -0.25) is 14.9 Å². The highest BCUT2D eigenvalue weighted by molar-refractivity contribution is 6.41. The summed E-state index contributed by atoms with van der Waals surface area (Å²) >= 11 is 0. The second kappa shape index (κ2) is 6.87. The Balaban J connectivity index is 1.74. The van der Waals surface area contributed by atoms with Gasteiger partial charge in [0, 0.05) is 29.2 Å². The van der Waals surface area contributed by atoms with Crippen LogP contribution in [0.5, 0.6) is 0 Å². The predicted molar refractivity (Wildman–Crippen MR) is 114 cm³/mol. The van der Waals surface area contributed by atoms with Gasteiger partial charge in [0.25, 0.3) is 11.8 Å². The Morgan fingerprint density at radius 3 is 2.55 bits per heavy atom. The average Bonchev–Trinajstić information content (AvgIpc) is 3.39. The fourth-order valence-electron chi connectivity index (χ4n) is 4.38. The quantitative estimate of drug-likeness (QED) is 0.665. The highest BCUT2D eigenvalue weighted by Crippen LogP contribution is 2.40. The number of imide groups is 1. The van der Waals surface area contributed by atoms with Crippen LogP contribution in [0, 0.1) is 0 Å². The molecule has 144 valence electrons. The molecule has 0 atom stereocenters. The van der Waals surface area contributed by atoms with Gasteiger partial charge in [0.1, 0.15) is 0 Å². The van der Waals surface area contributed by atoms with E-state index < -0.39 is 0 Å². The van der Waals surface area contributed by atoms with Gasteiger partial charge in [-0.05, 0) is 42.2 Å². The number of nitrogens with two attached hydrogens (primary N) is 1. The zero-order valence-corrected chi connectivity index (χ0v) is 15.9. The molecule has 0 unspecified atom stereocenters. The van der Waals surface area contributed by atoms with Crippen molar-refractivity contribution in [2.45, 2.75) is 19.4 Å². The summed E-state index contributed by atoms with van der Waals surface area (Å²) in [5, 5.41) is 3.48. The number of para-hydroxylation sites is 1. The maximum absolute atomic E-state index is 12.9. The molecule has 3 aromatic rings. The van der Waals surface area contributed by atoms with Crippen LogP contribution in [0.2, 0.25) is 0 Å². The Bertz CT molecular complexity index is 1230. The van der Waals surface area contributed by atoms with E-state index in [0.717, 1.165) is 47.0 Å². The summed E-state index contributed by atoms with van der Waals surface area (Å²) in [5.41, 5.74) is 11.5. The number of rotatable bonds is 5. The summed E-state index contributed by atoms with van der Waals surface area (Å²) in [4.78, 5) is 25.7. The first kappa shape index (κ1) is 17.6. The number of nitrogens with one attached hydrogen (secondary N) is 1. The molecule has 1 aliphatic carbocycles. The number of fused-ring (bicyclic) bond motifs is 2. The summed E-state index contributed by atoms with van der Waals surface area (Å²) in [6.45, 7) is 1.36. The maximum Gasteiger partial charge on any atom is 0.259 e. The van der Waals surface area contributed by atoms with E-state index in [1.807, 2.05) is 54.7 Å². The van der Waals surface area contributed by atoms with Crippen molar-refractivity contribution in [2.24, 2.45) is 5.73 Å². The van der Waals surface area contributed by atoms with Crippen LogP contribution in [0.1, 0.15) is 23.1 Å². The molecule has 0 saturated heterocycles. The van der Waals surface area contributed by atoms with E-state index >= 15 is 0 Å². The molecule has 0 saturated carbocycles. The van der Waals surface area contributed by atoms with Gasteiger partial charge in [-0.15, -0.1) is 0 Å². The van der Waals surface area contributed by atoms with Crippen LogP contribution < -0.4 is 11.1 Å². The molecule has 5 nitrogen and oxygen atoms in total. The molecule has 5 heteroatoms. The number of benzene rings is 2. The second-order valence-corrected chi connectivity index (χ2v) is 7.41. The number of carbonyl (C=O) groups is 2. The van der Waals surface area contributed by atoms with E-state index in [1.54, 1.807) is 0 Å². The largest absolute Gasteiger partial charge is 0.347 e. The first-order valence-electron chi connectivity index (χ1n) is 9.86. The topological polar surface area (TPSA) is 77.1 Å². The maximum atomic E-state index is 12.9. The molecule has 5 rings (SSSR count). The van der Waals surface area contributed by atoms with Crippen LogP contribution in [0.15, 0.2) is 66.4 Å². The smallest absolute Gasteiger partial charge is 0.259 e. The number of hydrogen-bond donors (Lipinski definition) is 2. The zero-order chi connectivity index (χ0) is 20.0. The normalized spacial score (nSPS) is 15.8. The lowest BCUT2D eigenvalue weighted by molar-refractivity contribution is -0.123. The molecular formula is C24H21N3O2. The number of carbonyl (C=O) groups excluding carboxylic acids is 2. The molecular weight excluding hydrogens is 362 g/mol. The number of aromatic nitrogens is 1. The molecule has 1 aliphatic heterocycles. The molecule has 0 radical (unpaired) electrons. The van der Waals surface area contributed by atoms with Crippen molar-refractivity contribution < 1.29 is 9.59 Å². The minimum Gasteiger partial charge on any atom is -0.347 e. The average molecular weight is 383 g/mol. The Morgan fingerprint density at radius 1 is 0.931 bits per heavy atom. The number of aryl methyl sites for hydroxylation is 1. The van der Waals surface area contributed by atoms with Gasteiger partial charge in [0.05, 0.1) is 11.1 Å². The Morgan fingerprint density at radius 2 is 1.69 bits per heavy atom. The molecule has 3 N–H and O–H groups in total. The minimum atomic E-state index is -0.336. The van der Waals surface area contributed by atoms with Crippen LogP contribution in [0.3, 0.4) is 0 Å². The van der Waals surface area contributed by atoms with Gasteiger partial charge >= 0.3 is 0 Å². The van der Waals surface area contributed by atoms with Crippen molar-refractivity contribution in [3.8, 4) is 0 Å². The molecule has 2 amide bonds. The number of amides is 2. The zero-order valence-electron chi connectivity index (χ0n) is 15.9. The molecule has 2 aromatic carbocycles. The third-order valence-corrected chi connectivity index (χ3v) is 5.70. The SMILES string of the molecule is NCCCn1cc(C2=C(C3=CCc4ccccc43)C(=O)NC2=O)c2ccccc21. The first-order chi connectivity index (χ1) is 14.2. The van der Waals surface area contributed by atoms with Gasteiger partial charge in [-0.2, -0.15) is 0 Å². The summed E-state index contributed by atoms with van der Waals surface area (Å²) in [7, 11) is 0. The van der Waals surface area contributed by atoms with Crippen molar-refractivity contribution in [1.29, 1.82) is 0 Å².